The van der Waals surface area contributed by atoms with E-state index in [-0.39, 0.29) is 0 Å². The van der Waals surface area contributed by atoms with E-state index in [1.807, 2.05) is 12.2 Å². The molecule has 0 saturated carbocycles. The number of allylic oxidation sites excluding steroid dienone is 2. The summed E-state index contributed by atoms with van der Waals surface area (Å²) >= 11 is 0. The van der Waals surface area contributed by atoms with Crippen molar-refractivity contribution in [3.8, 4) is 5.69 Å². The number of nitrogens with zero attached hydrogens (tertiary/aromatic N) is 1. The zero-order chi connectivity index (χ0) is 15.4. The second-order valence-electron chi connectivity index (χ2n) is 5.74. The number of hydrogen-bond acceptors (Lipinski definition) is 0. The highest BCUT2D eigenvalue weighted by Gasteiger charge is 2.17. The molecule has 0 aliphatic rings. The van der Waals surface area contributed by atoms with Crippen molar-refractivity contribution in [3.05, 3.63) is 78.2 Å². The van der Waals surface area contributed by atoms with Crippen LogP contribution in [0.15, 0.2) is 55.6 Å². The fourth-order valence-electron chi connectivity index (χ4n) is 3.04. The first kappa shape index (κ1) is 15.4. The van der Waals surface area contributed by atoms with E-state index in [1.165, 1.54) is 28.2 Å². The fraction of sp³-hybridized carbons (Fsp3) is 0.300. The van der Waals surface area contributed by atoms with Gasteiger partial charge < -0.3 is 4.57 Å². The van der Waals surface area contributed by atoms with Crippen LogP contribution >= 0.6 is 0 Å². The molecule has 2 rings (SSSR count). The second-order valence-corrected chi connectivity index (χ2v) is 5.74. The highest BCUT2D eigenvalue weighted by Crippen LogP contribution is 2.31. The molecule has 0 saturated heterocycles. The third-order valence-electron chi connectivity index (χ3n) is 4.10. The number of benzene rings is 1. The lowest BCUT2D eigenvalue weighted by molar-refractivity contribution is 0.706. The topological polar surface area (TPSA) is 4.93 Å². The summed E-state index contributed by atoms with van der Waals surface area (Å²) in [6, 6.07) is 11.0. The van der Waals surface area contributed by atoms with Crippen molar-refractivity contribution in [2.24, 2.45) is 0 Å². The Morgan fingerprint density at radius 1 is 1.00 bits per heavy atom. The van der Waals surface area contributed by atoms with E-state index in [0.29, 0.717) is 5.92 Å². The standard InChI is InChI=1S/C20H25N/c1-6-8-18(9-7-2)20-14-16(4)21(17(20)5)19-12-10-15(3)11-13-19/h6-7,10-14,18H,1-2,8-9H2,3-5H3. The fourth-order valence-corrected chi connectivity index (χ4v) is 3.04. The molecular weight excluding hydrogens is 254 g/mol. The van der Waals surface area contributed by atoms with Crippen LogP contribution in [0.2, 0.25) is 0 Å². The summed E-state index contributed by atoms with van der Waals surface area (Å²) in [5, 5.41) is 0. The monoisotopic (exact) mass is 279 g/mol. The predicted molar refractivity (Wildman–Crippen MR) is 92.3 cm³/mol. The largest absolute Gasteiger partial charge is 0.318 e. The molecule has 0 amide bonds. The van der Waals surface area contributed by atoms with Gasteiger partial charge in [-0.3, -0.25) is 0 Å². The molecule has 0 aliphatic carbocycles. The van der Waals surface area contributed by atoms with Crippen LogP contribution in [0.4, 0.5) is 0 Å². The van der Waals surface area contributed by atoms with Crippen LogP contribution < -0.4 is 0 Å². The molecule has 110 valence electrons. The van der Waals surface area contributed by atoms with Crippen molar-refractivity contribution in [2.45, 2.75) is 39.5 Å². The summed E-state index contributed by atoms with van der Waals surface area (Å²) in [6.07, 6.45) is 5.99. The zero-order valence-corrected chi connectivity index (χ0v) is 13.4. The normalized spacial score (nSPS) is 10.9. The highest BCUT2D eigenvalue weighted by molar-refractivity contribution is 5.43. The van der Waals surface area contributed by atoms with Crippen LogP contribution in [0.1, 0.15) is 41.3 Å². The molecular formula is C20H25N. The number of rotatable bonds is 6. The minimum absolute atomic E-state index is 0.477. The molecule has 2 aromatic rings. The third kappa shape index (κ3) is 3.18. The lowest BCUT2D eigenvalue weighted by Crippen LogP contribution is -2.02. The van der Waals surface area contributed by atoms with Gasteiger partial charge in [-0.05, 0) is 63.3 Å². The SMILES string of the molecule is C=CCC(CC=C)c1cc(C)n(-c2ccc(C)cc2)c1C. The summed E-state index contributed by atoms with van der Waals surface area (Å²) in [5.41, 5.74) is 6.54. The maximum atomic E-state index is 3.89. The number of aromatic nitrogens is 1. The zero-order valence-electron chi connectivity index (χ0n) is 13.4. The Morgan fingerprint density at radius 2 is 1.57 bits per heavy atom. The van der Waals surface area contributed by atoms with Gasteiger partial charge in [0.05, 0.1) is 0 Å². The van der Waals surface area contributed by atoms with E-state index >= 15 is 0 Å². The van der Waals surface area contributed by atoms with E-state index in [2.05, 4.69) is 68.8 Å². The summed E-state index contributed by atoms with van der Waals surface area (Å²) < 4.78 is 2.34. The molecule has 0 N–H and O–H groups in total. The Labute approximate surface area is 128 Å². The van der Waals surface area contributed by atoms with Crippen LogP contribution in [-0.4, -0.2) is 4.57 Å². The van der Waals surface area contributed by atoms with Crippen LogP contribution in [0.3, 0.4) is 0 Å². The molecule has 0 unspecified atom stereocenters. The lowest BCUT2D eigenvalue weighted by Gasteiger charge is -2.15. The second kappa shape index (κ2) is 6.62. The van der Waals surface area contributed by atoms with Crippen LogP contribution in [0.25, 0.3) is 5.69 Å². The molecule has 1 aromatic carbocycles. The Bertz CT molecular complexity index is 619. The average molecular weight is 279 g/mol. The van der Waals surface area contributed by atoms with E-state index in [1.54, 1.807) is 0 Å². The Hall–Kier alpha value is -2.02. The molecule has 1 heterocycles. The van der Waals surface area contributed by atoms with Gasteiger partial charge in [0.2, 0.25) is 0 Å². The van der Waals surface area contributed by atoms with E-state index < -0.39 is 0 Å². The molecule has 0 bridgehead atoms. The van der Waals surface area contributed by atoms with E-state index in [0.717, 1.165) is 12.8 Å². The smallest absolute Gasteiger partial charge is 0.0455 e. The first-order chi connectivity index (χ1) is 10.1. The van der Waals surface area contributed by atoms with Gasteiger partial charge in [0.25, 0.3) is 0 Å². The van der Waals surface area contributed by atoms with Gasteiger partial charge in [0, 0.05) is 17.1 Å². The summed E-state index contributed by atoms with van der Waals surface area (Å²) in [7, 11) is 0. The number of hydrogen-bond donors (Lipinski definition) is 0. The molecule has 1 nitrogen and oxygen atoms in total. The average Bonchev–Trinajstić information content (AvgIpc) is 2.75. The summed E-state index contributed by atoms with van der Waals surface area (Å²) in [5.74, 6) is 0.477. The highest BCUT2D eigenvalue weighted by atomic mass is 15.0. The molecule has 0 atom stereocenters. The van der Waals surface area contributed by atoms with Crippen LogP contribution in [0.5, 0.6) is 0 Å². The molecule has 0 radical (unpaired) electrons. The first-order valence-corrected chi connectivity index (χ1v) is 7.56. The molecule has 0 fully saturated rings. The van der Waals surface area contributed by atoms with Gasteiger partial charge in [-0.2, -0.15) is 0 Å². The summed E-state index contributed by atoms with van der Waals surface area (Å²) in [4.78, 5) is 0. The van der Waals surface area contributed by atoms with Gasteiger partial charge in [-0.25, -0.2) is 0 Å². The molecule has 1 heteroatoms. The van der Waals surface area contributed by atoms with Crippen molar-refractivity contribution in [3.63, 3.8) is 0 Å². The van der Waals surface area contributed by atoms with E-state index in [9.17, 15) is 0 Å². The molecule has 0 aliphatic heterocycles. The van der Waals surface area contributed by atoms with Crippen molar-refractivity contribution in [1.29, 1.82) is 0 Å². The first-order valence-electron chi connectivity index (χ1n) is 7.56. The lowest BCUT2D eigenvalue weighted by atomic mass is 9.92. The van der Waals surface area contributed by atoms with Gasteiger partial charge >= 0.3 is 0 Å². The van der Waals surface area contributed by atoms with Crippen molar-refractivity contribution < 1.29 is 0 Å². The van der Waals surface area contributed by atoms with Gasteiger partial charge in [0.15, 0.2) is 0 Å². The Kier molecular flexibility index (Phi) is 4.85. The third-order valence-corrected chi connectivity index (χ3v) is 4.10. The minimum atomic E-state index is 0.477. The molecule has 1 aromatic heterocycles. The van der Waals surface area contributed by atoms with Gasteiger partial charge in [0.1, 0.15) is 0 Å². The van der Waals surface area contributed by atoms with Gasteiger partial charge in [-0.15, -0.1) is 13.2 Å². The van der Waals surface area contributed by atoms with Crippen LogP contribution in [-0.2, 0) is 0 Å². The van der Waals surface area contributed by atoms with E-state index in [4.69, 9.17) is 0 Å². The van der Waals surface area contributed by atoms with Crippen molar-refractivity contribution in [1.82, 2.24) is 4.57 Å². The maximum absolute atomic E-state index is 3.89. The minimum Gasteiger partial charge on any atom is -0.318 e. The predicted octanol–water partition coefficient (Wildman–Crippen LogP) is 5.64. The quantitative estimate of drug-likeness (QED) is 0.603. The summed E-state index contributed by atoms with van der Waals surface area (Å²) in [6.45, 7) is 14.3. The van der Waals surface area contributed by atoms with Crippen LogP contribution in [0, 0.1) is 20.8 Å². The molecule has 21 heavy (non-hydrogen) atoms. The Balaban J connectivity index is 2.47. The van der Waals surface area contributed by atoms with Crippen molar-refractivity contribution in [2.75, 3.05) is 0 Å². The van der Waals surface area contributed by atoms with Gasteiger partial charge in [-0.1, -0.05) is 29.8 Å². The molecule has 0 spiro atoms. The maximum Gasteiger partial charge on any atom is 0.0455 e. The van der Waals surface area contributed by atoms with Crippen molar-refractivity contribution >= 4 is 0 Å². The number of aryl methyl sites for hydroxylation is 2. The Morgan fingerprint density at radius 3 is 2.10 bits per heavy atom.